The van der Waals surface area contributed by atoms with Gasteiger partial charge in [0.05, 0.1) is 11.2 Å². The quantitative estimate of drug-likeness (QED) is 0.365. The summed E-state index contributed by atoms with van der Waals surface area (Å²) < 4.78 is 34.6. The average molecular weight is 421 g/mol. The second-order valence-corrected chi connectivity index (χ2v) is 10.2. The standard InChI is InChI=1S/C20H23NO7S/c1-4-10-27-19(24)16-20(2,3)29(25,26)18-14(17(23)21(16)18)12-28-15(22)11-13-8-6-5-7-9-13/h4-9,14,16,18H,1,10-12H2,2-3H3/t14?,16-,18+/m0/s1. The highest BCUT2D eigenvalue weighted by atomic mass is 32.2. The molecule has 3 atom stereocenters. The van der Waals surface area contributed by atoms with Crippen LogP contribution < -0.4 is 0 Å². The van der Waals surface area contributed by atoms with Gasteiger partial charge in [-0.1, -0.05) is 43.0 Å². The Bertz CT molecular complexity index is 939. The second kappa shape index (κ2) is 7.62. The van der Waals surface area contributed by atoms with E-state index in [4.69, 9.17) is 9.47 Å². The van der Waals surface area contributed by atoms with Crippen molar-refractivity contribution in [2.75, 3.05) is 13.2 Å². The Balaban J connectivity index is 1.71. The van der Waals surface area contributed by atoms with Crippen LogP contribution in [0.2, 0.25) is 0 Å². The first-order valence-corrected chi connectivity index (χ1v) is 10.7. The van der Waals surface area contributed by atoms with Crippen molar-refractivity contribution in [3.05, 3.63) is 48.6 Å². The summed E-state index contributed by atoms with van der Waals surface area (Å²) in [7, 11) is -3.89. The normalized spacial score (nSPS) is 26.2. The van der Waals surface area contributed by atoms with E-state index < -0.39 is 49.8 Å². The maximum absolute atomic E-state index is 13.0. The highest BCUT2D eigenvalue weighted by Gasteiger charge is 2.72. The van der Waals surface area contributed by atoms with E-state index in [1.807, 2.05) is 6.07 Å². The van der Waals surface area contributed by atoms with Crippen LogP contribution in [0.15, 0.2) is 43.0 Å². The third-order valence-electron chi connectivity index (χ3n) is 5.36. The fraction of sp³-hybridized carbons (Fsp3) is 0.450. The van der Waals surface area contributed by atoms with Crippen LogP contribution in [0.25, 0.3) is 0 Å². The van der Waals surface area contributed by atoms with Crippen LogP contribution in [0.4, 0.5) is 0 Å². The molecule has 1 aromatic carbocycles. The van der Waals surface area contributed by atoms with Gasteiger partial charge in [-0.05, 0) is 19.4 Å². The van der Waals surface area contributed by atoms with Gasteiger partial charge in [0.15, 0.2) is 15.2 Å². The summed E-state index contributed by atoms with van der Waals surface area (Å²) in [6.07, 6.45) is 1.38. The van der Waals surface area contributed by atoms with E-state index in [-0.39, 0.29) is 19.6 Å². The third kappa shape index (κ3) is 3.43. The molecule has 156 valence electrons. The van der Waals surface area contributed by atoms with Crippen molar-refractivity contribution in [3.8, 4) is 0 Å². The molecule has 1 aromatic rings. The minimum atomic E-state index is -3.89. The van der Waals surface area contributed by atoms with Gasteiger partial charge in [0.2, 0.25) is 5.91 Å². The third-order valence-corrected chi connectivity index (χ3v) is 8.24. The topological polar surface area (TPSA) is 107 Å². The zero-order valence-corrected chi connectivity index (χ0v) is 17.1. The lowest BCUT2D eigenvalue weighted by Gasteiger charge is -2.42. The molecule has 2 aliphatic heterocycles. The molecule has 1 unspecified atom stereocenters. The van der Waals surface area contributed by atoms with Crippen molar-refractivity contribution in [2.45, 2.75) is 36.4 Å². The largest absolute Gasteiger partial charge is 0.464 e. The smallest absolute Gasteiger partial charge is 0.330 e. The monoisotopic (exact) mass is 421 g/mol. The van der Waals surface area contributed by atoms with Crippen LogP contribution in [-0.2, 0) is 40.1 Å². The molecule has 29 heavy (non-hydrogen) atoms. The minimum Gasteiger partial charge on any atom is -0.464 e. The van der Waals surface area contributed by atoms with E-state index in [9.17, 15) is 22.8 Å². The van der Waals surface area contributed by atoms with Crippen LogP contribution in [0, 0.1) is 5.92 Å². The number of ether oxygens (including phenoxy) is 2. The first-order chi connectivity index (χ1) is 13.6. The maximum Gasteiger partial charge on any atom is 0.330 e. The van der Waals surface area contributed by atoms with E-state index in [2.05, 4.69) is 6.58 Å². The lowest BCUT2D eigenvalue weighted by Crippen LogP contribution is -2.65. The number of hydrogen-bond donors (Lipinski definition) is 0. The summed E-state index contributed by atoms with van der Waals surface area (Å²) in [5.41, 5.74) is 0.749. The predicted octanol–water partition coefficient (Wildman–Crippen LogP) is 0.862. The molecule has 0 saturated carbocycles. The molecule has 2 aliphatic rings. The van der Waals surface area contributed by atoms with Crippen molar-refractivity contribution in [2.24, 2.45) is 5.92 Å². The van der Waals surface area contributed by atoms with Gasteiger partial charge < -0.3 is 14.4 Å². The Labute approximate surface area is 169 Å². The van der Waals surface area contributed by atoms with E-state index in [1.54, 1.807) is 24.3 Å². The number of sulfone groups is 1. The Morgan fingerprint density at radius 3 is 2.48 bits per heavy atom. The molecule has 0 radical (unpaired) electrons. The fourth-order valence-corrected chi connectivity index (χ4v) is 6.06. The molecule has 0 spiro atoms. The lowest BCUT2D eigenvalue weighted by atomic mass is 9.92. The van der Waals surface area contributed by atoms with E-state index in [1.165, 1.54) is 19.9 Å². The van der Waals surface area contributed by atoms with E-state index in [0.29, 0.717) is 0 Å². The number of rotatable bonds is 7. The predicted molar refractivity (Wildman–Crippen MR) is 103 cm³/mol. The fourth-order valence-electron chi connectivity index (χ4n) is 3.76. The molecule has 0 N–H and O–H groups in total. The summed E-state index contributed by atoms with van der Waals surface area (Å²) in [5, 5.41) is -1.21. The molecule has 8 nitrogen and oxygen atoms in total. The molecule has 2 saturated heterocycles. The van der Waals surface area contributed by atoms with Crippen LogP contribution in [0.5, 0.6) is 0 Å². The van der Waals surface area contributed by atoms with Gasteiger partial charge in [-0.3, -0.25) is 9.59 Å². The van der Waals surface area contributed by atoms with Crippen LogP contribution in [0.1, 0.15) is 19.4 Å². The molecule has 0 bridgehead atoms. The van der Waals surface area contributed by atoms with Crippen LogP contribution >= 0.6 is 0 Å². The maximum atomic E-state index is 13.0. The molecule has 3 rings (SSSR count). The number of carbonyl (C=O) groups is 3. The summed E-state index contributed by atoms with van der Waals surface area (Å²) >= 11 is 0. The number of fused-ring (bicyclic) bond motifs is 1. The summed E-state index contributed by atoms with van der Waals surface area (Å²) in [4.78, 5) is 38.1. The number of benzene rings is 1. The average Bonchev–Trinajstić information content (AvgIpc) is 2.81. The molecule has 9 heteroatoms. The number of amides is 1. The Hall–Kier alpha value is -2.68. The van der Waals surface area contributed by atoms with Gasteiger partial charge in [0, 0.05) is 0 Å². The van der Waals surface area contributed by atoms with Crippen LogP contribution in [-0.4, -0.2) is 60.5 Å². The zero-order valence-electron chi connectivity index (χ0n) is 16.2. The highest BCUT2D eigenvalue weighted by molar-refractivity contribution is 7.93. The van der Waals surface area contributed by atoms with Crippen molar-refractivity contribution >= 4 is 27.7 Å². The molecule has 2 heterocycles. The van der Waals surface area contributed by atoms with Gasteiger partial charge in [0.25, 0.3) is 0 Å². The van der Waals surface area contributed by atoms with Gasteiger partial charge in [0.1, 0.15) is 25.2 Å². The van der Waals surface area contributed by atoms with Crippen LogP contribution in [0.3, 0.4) is 0 Å². The lowest BCUT2D eigenvalue weighted by molar-refractivity contribution is -0.170. The van der Waals surface area contributed by atoms with Crippen molar-refractivity contribution in [1.29, 1.82) is 0 Å². The number of nitrogens with zero attached hydrogens (tertiary/aromatic N) is 1. The minimum absolute atomic E-state index is 0.0187. The number of hydrogen-bond acceptors (Lipinski definition) is 7. The summed E-state index contributed by atoms with van der Waals surface area (Å²) in [6.45, 7) is 5.80. The zero-order chi connectivity index (χ0) is 21.4. The molecule has 0 aromatic heterocycles. The molecular formula is C20H23NO7S. The molecule has 0 aliphatic carbocycles. The molecule has 2 fully saturated rings. The van der Waals surface area contributed by atoms with Crippen molar-refractivity contribution in [1.82, 2.24) is 4.90 Å². The van der Waals surface area contributed by atoms with E-state index >= 15 is 0 Å². The van der Waals surface area contributed by atoms with Gasteiger partial charge in [-0.15, -0.1) is 0 Å². The van der Waals surface area contributed by atoms with Crippen molar-refractivity contribution in [3.63, 3.8) is 0 Å². The SMILES string of the molecule is C=CCOC(=O)[C@@H]1N2C(=O)C(COC(=O)Cc3ccccc3)[C@H]2S(=O)(=O)C1(C)C. The first kappa shape index (κ1) is 21.0. The second-order valence-electron chi connectivity index (χ2n) is 7.56. The first-order valence-electron chi connectivity index (χ1n) is 9.15. The van der Waals surface area contributed by atoms with Gasteiger partial charge in [-0.25, -0.2) is 13.2 Å². The Morgan fingerprint density at radius 2 is 1.86 bits per heavy atom. The van der Waals surface area contributed by atoms with Gasteiger partial charge >= 0.3 is 11.9 Å². The number of esters is 2. The number of β-lactam (4-membered cyclic amide) rings is 1. The van der Waals surface area contributed by atoms with Gasteiger partial charge in [-0.2, -0.15) is 0 Å². The Kier molecular flexibility index (Phi) is 5.53. The van der Waals surface area contributed by atoms with E-state index in [0.717, 1.165) is 10.5 Å². The highest BCUT2D eigenvalue weighted by Crippen LogP contribution is 2.48. The summed E-state index contributed by atoms with van der Waals surface area (Å²) in [5.74, 6) is -2.93. The van der Waals surface area contributed by atoms with Crippen molar-refractivity contribution < 1.29 is 32.3 Å². The summed E-state index contributed by atoms with van der Waals surface area (Å²) in [6, 6.07) is 7.67. The molecular weight excluding hydrogens is 398 g/mol. The molecule has 1 amide bonds. The Morgan fingerprint density at radius 1 is 1.21 bits per heavy atom. The number of carbonyl (C=O) groups excluding carboxylic acids is 3.